The van der Waals surface area contributed by atoms with Crippen LogP contribution in [0.4, 0.5) is 0 Å². The summed E-state index contributed by atoms with van der Waals surface area (Å²) in [4.78, 5) is 12.7. The summed E-state index contributed by atoms with van der Waals surface area (Å²) in [6, 6.07) is 3.04. The van der Waals surface area contributed by atoms with E-state index in [1.54, 1.807) is 6.07 Å². The molecule has 1 fully saturated rings. The fourth-order valence-electron chi connectivity index (χ4n) is 2.07. The molecule has 1 saturated heterocycles. The van der Waals surface area contributed by atoms with Crippen molar-refractivity contribution in [1.29, 1.82) is 0 Å². The summed E-state index contributed by atoms with van der Waals surface area (Å²) >= 11 is 1.02. The highest BCUT2D eigenvalue weighted by Gasteiger charge is 2.29. The van der Waals surface area contributed by atoms with E-state index in [0.717, 1.165) is 24.2 Å². The zero-order valence-electron chi connectivity index (χ0n) is 11.0. The van der Waals surface area contributed by atoms with Crippen molar-refractivity contribution in [3.63, 3.8) is 0 Å². The van der Waals surface area contributed by atoms with Gasteiger partial charge in [0.1, 0.15) is 4.21 Å². The summed E-state index contributed by atoms with van der Waals surface area (Å²) < 4.78 is 27.7. The highest BCUT2D eigenvalue weighted by Crippen LogP contribution is 2.25. The number of ether oxygens (including phenoxy) is 1. The topological polar surface area (TPSA) is 72.5 Å². The van der Waals surface area contributed by atoms with Crippen LogP contribution in [0.2, 0.25) is 0 Å². The maximum Gasteiger partial charge on any atom is 0.270 e. The van der Waals surface area contributed by atoms with E-state index in [-0.39, 0.29) is 22.1 Å². The Labute approximate surface area is 126 Å². The van der Waals surface area contributed by atoms with Gasteiger partial charge < -0.3 is 10.1 Å². The average Bonchev–Trinajstić information content (AvgIpc) is 2.77. The van der Waals surface area contributed by atoms with Crippen molar-refractivity contribution in [3.05, 3.63) is 17.0 Å². The molecule has 1 amide bonds. The zero-order valence-corrected chi connectivity index (χ0v) is 13.4. The average molecular weight is 338 g/mol. The van der Waals surface area contributed by atoms with Gasteiger partial charge in [-0.25, -0.2) is 8.42 Å². The Morgan fingerprint density at radius 1 is 1.45 bits per heavy atom. The zero-order chi connectivity index (χ0) is 14.8. The van der Waals surface area contributed by atoms with Crippen molar-refractivity contribution < 1.29 is 17.9 Å². The summed E-state index contributed by atoms with van der Waals surface area (Å²) in [6.45, 7) is 3.28. The summed E-state index contributed by atoms with van der Waals surface area (Å²) in [5.41, 5.74) is -0.242. The molecule has 0 spiro atoms. The number of halogens is 1. The van der Waals surface area contributed by atoms with Gasteiger partial charge in [0.05, 0.1) is 6.42 Å². The number of amides is 1. The van der Waals surface area contributed by atoms with E-state index < -0.39 is 9.05 Å². The SMILES string of the molecule is CC1(NC(=O)Cc2ccc(S(=O)(=O)Cl)s2)CCOCC1. The van der Waals surface area contributed by atoms with Crippen LogP contribution in [-0.2, 0) is 25.0 Å². The number of rotatable bonds is 4. The molecule has 1 N–H and O–H groups in total. The van der Waals surface area contributed by atoms with Crippen molar-refractivity contribution in [2.75, 3.05) is 13.2 Å². The molecule has 0 bridgehead atoms. The van der Waals surface area contributed by atoms with Crippen molar-refractivity contribution in [3.8, 4) is 0 Å². The van der Waals surface area contributed by atoms with Crippen molar-refractivity contribution in [2.45, 2.75) is 35.9 Å². The van der Waals surface area contributed by atoms with Crippen LogP contribution >= 0.6 is 22.0 Å². The smallest absolute Gasteiger partial charge is 0.270 e. The van der Waals surface area contributed by atoms with Gasteiger partial charge in [0, 0.05) is 34.3 Å². The van der Waals surface area contributed by atoms with Gasteiger partial charge in [0.2, 0.25) is 5.91 Å². The molecule has 0 aromatic carbocycles. The second-order valence-electron chi connectivity index (χ2n) is 5.06. The number of hydrogen-bond acceptors (Lipinski definition) is 5. The minimum absolute atomic E-state index is 0.0687. The lowest BCUT2D eigenvalue weighted by molar-refractivity contribution is -0.123. The molecule has 1 aromatic rings. The minimum atomic E-state index is -3.71. The van der Waals surface area contributed by atoms with Crippen molar-refractivity contribution >= 4 is 37.0 Å². The second kappa shape index (κ2) is 6.01. The van der Waals surface area contributed by atoms with Gasteiger partial charge in [0.15, 0.2) is 0 Å². The lowest BCUT2D eigenvalue weighted by atomic mass is 9.92. The van der Waals surface area contributed by atoms with Crippen LogP contribution < -0.4 is 5.32 Å². The Balaban J connectivity index is 1.96. The third-order valence-corrected chi connectivity index (χ3v) is 6.43. The highest BCUT2D eigenvalue weighted by molar-refractivity contribution is 8.15. The Morgan fingerprint density at radius 3 is 2.65 bits per heavy atom. The molecule has 0 aliphatic carbocycles. The first-order chi connectivity index (χ1) is 9.28. The van der Waals surface area contributed by atoms with Gasteiger partial charge in [-0.2, -0.15) is 0 Å². The third-order valence-electron chi connectivity index (χ3n) is 3.25. The van der Waals surface area contributed by atoms with Gasteiger partial charge >= 0.3 is 0 Å². The highest BCUT2D eigenvalue weighted by atomic mass is 35.7. The normalized spacial score (nSPS) is 18.7. The Morgan fingerprint density at radius 2 is 2.10 bits per heavy atom. The van der Waals surface area contributed by atoms with Gasteiger partial charge in [-0.3, -0.25) is 4.79 Å². The van der Waals surface area contributed by atoms with Crippen molar-refractivity contribution in [1.82, 2.24) is 5.32 Å². The van der Waals surface area contributed by atoms with Gasteiger partial charge in [-0.05, 0) is 31.9 Å². The van der Waals surface area contributed by atoms with E-state index in [9.17, 15) is 13.2 Å². The fourth-order valence-corrected chi connectivity index (χ4v) is 4.19. The van der Waals surface area contributed by atoms with Crippen molar-refractivity contribution in [2.24, 2.45) is 0 Å². The Bertz CT molecular complexity index is 590. The largest absolute Gasteiger partial charge is 0.381 e. The van der Waals surface area contributed by atoms with E-state index in [0.29, 0.717) is 18.1 Å². The molecular formula is C12H16ClNO4S2. The van der Waals surface area contributed by atoms with Crippen LogP contribution in [0, 0.1) is 0 Å². The number of thiophene rings is 1. The van der Waals surface area contributed by atoms with Gasteiger partial charge in [0.25, 0.3) is 9.05 Å². The van der Waals surface area contributed by atoms with E-state index >= 15 is 0 Å². The van der Waals surface area contributed by atoms with Gasteiger partial charge in [-0.1, -0.05) is 0 Å². The number of carbonyl (C=O) groups excluding carboxylic acids is 1. The van der Waals surface area contributed by atoms with Crippen LogP contribution in [0.25, 0.3) is 0 Å². The molecular weight excluding hydrogens is 322 g/mol. The lowest BCUT2D eigenvalue weighted by Gasteiger charge is -2.34. The molecule has 0 saturated carbocycles. The van der Waals surface area contributed by atoms with Crippen LogP contribution in [0.3, 0.4) is 0 Å². The molecule has 0 atom stereocenters. The van der Waals surface area contributed by atoms with E-state index in [4.69, 9.17) is 15.4 Å². The molecule has 1 aliphatic heterocycles. The van der Waals surface area contributed by atoms with Crippen LogP contribution in [-0.4, -0.2) is 33.1 Å². The maximum atomic E-state index is 12.0. The Kier molecular flexibility index (Phi) is 4.73. The molecule has 1 aliphatic rings. The third kappa shape index (κ3) is 4.18. The van der Waals surface area contributed by atoms with Crippen LogP contribution in [0.1, 0.15) is 24.6 Å². The predicted molar refractivity (Wildman–Crippen MR) is 77.7 cm³/mol. The summed E-state index contributed by atoms with van der Waals surface area (Å²) in [6.07, 6.45) is 1.72. The first-order valence-electron chi connectivity index (χ1n) is 6.21. The standard InChI is InChI=1S/C12H16ClNO4S2/c1-12(4-6-18-7-5-12)14-10(15)8-9-2-3-11(19-9)20(13,16)17/h2-3H,4-8H2,1H3,(H,14,15). The van der Waals surface area contributed by atoms with E-state index in [1.807, 2.05) is 6.92 Å². The molecule has 112 valence electrons. The molecule has 5 nitrogen and oxygen atoms in total. The Hall–Kier alpha value is -0.630. The first-order valence-corrected chi connectivity index (χ1v) is 9.33. The first kappa shape index (κ1) is 15.8. The molecule has 0 unspecified atom stereocenters. The number of carbonyl (C=O) groups is 1. The van der Waals surface area contributed by atoms with E-state index in [2.05, 4.69) is 5.32 Å². The molecule has 20 heavy (non-hydrogen) atoms. The minimum Gasteiger partial charge on any atom is -0.381 e. The summed E-state index contributed by atoms with van der Waals surface area (Å²) in [5, 5.41) is 3.00. The van der Waals surface area contributed by atoms with Gasteiger partial charge in [-0.15, -0.1) is 11.3 Å². The van der Waals surface area contributed by atoms with Crippen LogP contribution in [0.5, 0.6) is 0 Å². The molecule has 2 heterocycles. The number of hydrogen-bond donors (Lipinski definition) is 1. The molecule has 8 heteroatoms. The second-order valence-corrected chi connectivity index (χ2v) is 9.02. The maximum absolute atomic E-state index is 12.0. The van der Waals surface area contributed by atoms with E-state index in [1.165, 1.54) is 6.07 Å². The monoisotopic (exact) mass is 337 g/mol. The molecule has 2 rings (SSSR count). The molecule has 1 aromatic heterocycles. The summed E-state index contributed by atoms with van der Waals surface area (Å²) in [5.74, 6) is -0.116. The molecule has 0 radical (unpaired) electrons. The fraction of sp³-hybridized carbons (Fsp3) is 0.583. The number of nitrogens with one attached hydrogen (secondary N) is 1. The quantitative estimate of drug-likeness (QED) is 0.852. The predicted octanol–water partition coefficient (Wildman–Crippen LogP) is 1.90. The lowest BCUT2D eigenvalue weighted by Crippen LogP contribution is -2.50. The van der Waals surface area contributed by atoms with Crippen LogP contribution in [0.15, 0.2) is 16.3 Å². The summed E-state index contributed by atoms with van der Waals surface area (Å²) in [7, 11) is 1.54.